The molecule has 0 atom stereocenters. The van der Waals surface area contributed by atoms with Crippen molar-refractivity contribution in [2.24, 2.45) is 11.8 Å². The van der Waals surface area contributed by atoms with E-state index in [0.717, 1.165) is 43.5 Å². The quantitative estimate of drug-likeness (QED) is 0.883. The Morgan fingerprint density at radius 1 is 1.36 bits per heavy atom. The van der Waals surface area contributed by atoms with Crippen molar-refractivity contribution in [3.05, 3.63) is 23.9 Å². The zero-order valence-corrected chi connectivity index (χ0v) is 13.9. The Balaban J connectivity index is 0.00000176. The van der Waals surface area contributed by atoms with Crippen molar-refractivity contribution >= 4 is 24.1 Å². The minimum Gasteiger partial charge on any atom is -0.357 e. The van der Waals surface area contributed by atoms with Gasteiger partial charge in [0.15, 0.2) is 0 Å². The molecule has 22 heavy (non-hydrogen) atoms. The van der Waals surface area contributed by atoms with Gasteiger partial charge in [0, 0.05) is 38.9 Å². The monoisotopic (exact) mass is 324 g/mol. The Hall–Kier alpha value is -1.33. The summed E-state index contributed by atoms with van der Waals surface area (Å²) in [5.74, 6) is 2.17. The van der Waals surface area contributed by atoms with Gasteiger partial charge in [0.1, 0.15) is 5.82 Å². The number of piperidine rings is 1. The second-order valence-corrected chi connectivity index (χ2v) is 6.27. The summed E-state index contributed by atoms with van der Waals surface area (Å²) in [5.41, 5.74) is 1.06. The van der Waals surface area contributed by atoms with Gasteiger partial charge in [-0.15, -0.1) is 12.4 Å². The summed E-state index contributed by atoms with van der Waals surface area (Å²) < 4.78 is 0. The third-order valence-corrected chi connectivity index (χ3v) is 4.54. The number of pyridine rings is 1. The van der Waals surface area contributed by atoms with Crippen LogP contribution in [0.5, 0.6) is 0 Å². The van der Waals surface area contributed by atoms with Crippen LogP contribution in [0.4, 0.5) is 5.82 Å². The van der Waals surface area contributed by atoms with E-state index in [-0.39, 0.29) is 24.2 Å². The molecule has 2 N–H and O–H groups in total. The first-order valence-electron chi connectivity index (χ1n) is 7.90. The smallest absolute Gasteiger partial charge is 0.225 e. The van der Waals surface area contributed by atoms with Gasteiger partial charge in [-0.25, -0.2) is 4.98 Å². The van der Waals surface area contributed by atoms with E-state index in [1.807, 2.05) is 6.20 Å². The number of carbonyl (C=O) groups excluding carboxylic acids is 1. The van der Waals surface area contributed by atoms with Crippen molar-refractivity contribution in [2.45, 2.75) is 26.3 Å². The number of carbonyl (C=O) groups is 1. The highest BCUT2D eigenvalue weighted by atomic mass is 35.5. The Labute approximate surface area is 138 Å². The number of anilines is 1. The lowest BCUT2D eigenvalue weighted by atomic mass is 9.99. The molecule has 6 heteroatoms. The molecule has 1 aromatic rings. The fraction of sp³-hybridized carbons (Fsp3) is 0.625. The second kappa shape index (κ2) is 7.79. The maximum atomic E-state index is 11.8. The molecule has 1 aromatic heterocycles. The lowest BCUT2D eigenvalue weighted by Gasteiger charge is -2.31. The molecule has 0 radical (unpaired) electrons. The third kappa shape index (κ3) is 4.11. The normalized spacial score (nSPS) is 19.2. The molecule has 2 fully saturated rings. The Morgan fingerprint density at radius 2 is 2.09 bits per heavy atom. The van der Waals surface area contributed by atoms with E-state index in [9.17, 15) is 4.79 Å². The van der Waals surface area contributed by atoms with Crippen LogP contribution in [0.25, 0.3) is 0 Å². The number of hydrogen-bond acceptors (Lipinski definition) is 4. The average Bonchev–Trinajstić information content (AvgIpc) is 2.45. The fourth-order valence-electron chi connectivity index (χ4n) is 2.75. The highest BCUT2D eigenvalue weighted by Crippen LogP contribution is 2.21. The minimum atomic E-state index is 0. The summed E-state index contributed by atoms with van der Waals surface area (Å²) in [6.07, 6.45) is 4.37. The number of halogens is 1. The van der Waals surface area contributed by atoms with Crippen LogP contribution in [0.3, 0.4) is 0 Å². The van der Waals surface area contributed by atoms with Crippen molar-refractivity contribution in [1.29, 1.82) is 0 Å². The van der Waals surface area contributed by atoms with Crippen LogP contribution in [0, 0.1) is 11.8 Å². The first-order chi connectivity index (χ1) is 10.2. The van der Waals surface area contributed by atoms with E-state index in [1.165, 1.54) is 12.8 Å². The van der Waals surface area contributed by atoms with Crippen LogP contribution in [0.2, 0.25) is 0 Å². The summed E-state index contributed by atoms with van der Waals surface area (Å²) in [6.45, 7) is 6.68. The van der Waals surface area contributed by atoms with Gasteiger partial charge >= 0.3 is 0 Å². The van der Waals surface area contributed by atoms with E-state index < -0.39 is 0 Å². The number of nitrogens with zero attached hydrogens (tertiary/aromatic N) is 2. The maximum Gasteiger partial charge on any atom is 0.225 e. The summed E-state index contributed by atoms with van der Waals surface area (Å²) in [7, 11) is 0. The third-order valence-electron chi connectivity index (χ3n) is 4.54. The van der Waals surface area contributed by atoms with Crippen LogP contribution in [-0.2, 0) is 11.3 Å². The Kier molecular flexibility index (Phi) is 6.03. The van der Waals surface area contributed by atoms with Crippen LogP contribution in [-0.4, -0.2) is 37.1 Å². The highest BCUT2D eigenvalue weighted by Gasteiger charge is 2.24. The molecule has 0 saturated carbocycles. The number of hydrogen-bond donors (Lipinski definition) is 2. The number of nitrogens with one attached hydrogen (secondary N) is 2. The van der Waals surface area contributed by atoms with E-state index in [4.69, 9.17) is 0 Å². The van der Waals surface area contributed by atoms with Crippen molar-refractivity contribution in [1.82, 2.24) is 15.6 Å². The van der Waals surface area contributed by atoms with Gasteiger partial charge in [-0.2, -0.15) is 0 Å². The van der Waals surface area contributed by atoms with Crippen LogP contribution in [0.15, 0.2) is 18.3 Å². The van der Waals surface area contributed by atoms with Crippen molar-refractivity contribution in [2.75, 3.05) is 31.1 Å². The number of rotatable bonds is 4. The molecular formula is C16H25ClN4O. The van der Waals surface area contributed by atoms with Crippen LogP contribution < -0.4 is 15.5 Å². The van der Waals surface area contributed by atoms with Crippen molar-refractivity contribution < 1.29 is 4.79 Å². The molecule has 2 aliphatic heterocycles. The summed E-state index contributed by atoms with van der Waals surface area (Å²) in [4.78, 5) is 18.7. The molecule has 0 unspecified atom stereocenters. The first-order valence-corrected chi connectivity index (χ1v) is 7.90. The topological polar surface area (TPSA) is 57.3 Å². The molecule has 1 amide bonds. The Morgan fingerprint density at radius 3 is 2.64 bits per heavy atom. The van der Waals surface area contributed by atoms with E-state index in [0.29, 0.717) is 6.54 Å². The van der Waals surface area contributed by atoms with Crippen LogP contribution >= 0.6 is 12.4 Å². The molecule has 3 heterocycles. The molecule has 2 aliphatic rings. The fourth-order valence-corrected chi connectivity index (χ4v) is 2.75. The standard InChI is InChI=1S/C16H24N4O.ClH/c1-12-4-6-20(7-5-12)15-3-2-13(8-18-15)9-19-16(21)14-10-17-11-14;/h2-3,8,12,14,17H,4-7,9-11H2,1H3,(H,19,21);1H. The predicted octanol–water partition coefficient (Wildman–Crippen LogP) is 1.58. The lowest BCUT2D eigenvalue weighted by molar-refractivity contribution is -0.126. The van der Waals surface area contributed by atoms with Gasteiger partial charge in [0.2, 0.25) is 5.91 Å². The largest absolute Gasteiger partial charge is 0.357 e. The van der Waals surface area contributed by atoms with Gasteiger partial charge in [-0.1, -0.05) is 13.0 Å². The van der Waals surface area contributed by atoms with Crippen molar-refractivity contribution in [3.8, 4) is 0 Å². The summed E-state index contributed by atoms with van der Waals surface area (Å²) in [5, 5.41) is 6.08. The Bertz CT molecular complexity index is 481. The average molecular weight is 325 g/mol. The van der Waals surface area contributed by atoms with Gasteiger partial charge in [0.05, 0.1) is 5.92 Å². The first kappa shape index (κ1) is 17.0. The maximum absolute atomic E-state index is 11.8. The van der Waals surface area contributed by atoms with E-state index in [2.05, 4.69) is 39.6 Å². The summed E-state index contributed by atoms with van der Waals surface area (Å²) in [6, 6.07) is 4.14. The van der Waals surface area contributed by atoms with E-state index in [1.54, 1.807) is 0 Å². The number of amides is 1. The molecular weight excluding hydrogens is 300 g/mol. The van der Waals surface area contributed by atoms with Crippen molar-refractivity contribution in [3.63, 3.8) is 0 Å². The van der Waals surface area contributed by atoms with E-state index >= 15 is 0 Å². The summed E-state index contributed by atoms with van der Waals surface area (Å²) >= 11 is 0. The lowest BCUT2D eigenvalue weighted by Crippen LogP contribution is -2.50. The molecule has 5 nitrogen and oxygen atoms in total. The predicted molar refractivity (Wildman–Crippen MR) is 90.3 cm³/mol. The molecule has 0 bridgehead atoms. The van der Waals surface area contributed by atoms with Gasteiger partial charge in [-0.05, 0) is 30.4 Å². The molecule has 122 valence electrons. The zero-order chi connectivity index (χ0) is 14.7. The van der Waals surface area contributed by atoms with Gasteiger partial charge in [-0.3, -0.25) is 4.79 Å². The molecule has 0 spiro atoms. The van der Waals surface area contributed by atoms with Crippen LogP contribution in [0.1, 0.15) is 25.3 Å². The molecule has 2 saturated heterocycles. The molecule has 0 aliphatic carbocycles. The SMILES string of the molecule is CC1CCN(c2ccc(CNC(=O)C3CNC3)cn2)CC1.Cl. The zero-order valence-electron chi connectivity index (χ0n) is 13.0. The highest BCUT2D eigenvalue weighted by molar-refractivity contribution is 5.85. The van der Waals surface area contributed by atoms with Gasteiger partial charge in [0.25, 0.3) is 0 Å². The van der Waals surface area contributed by atoms with Gasteiger partial charge < -0.3 is 15.5 Å². The molecule has 0 aromatic carbocycles. The minimum absolute atomic E-state index is 0. The second-order valence-electron chi connectivity index (χ2n) is 6.27. The molecule has 3 rings (SSSR count). The number of aromatic nitrogens is 1.